The Kier molecular flexibility index (Phi) is 6.96. The minimum Gasteiger partial charge on any atom is -0.368 e. The Balaban J connectivity index is 2.60. The molecule has 1 rings (SSSR count). The SMILES string of the molecule is CCCNC(C)(CC(C)N1CCCC(C)CC1)C(N)=O. The molecule has 1 aliphatic rings. The number of nitrogens with zero attached hydrogens (tertiary/aromatic N) is 1. The van der Waals surface area contributed by atoms with Crippen molar-refractivity contribution >= 4 is 5.91 Å². The summed E-state index contributed by atoms with van der Waals surface area (Å²) in [7, 11) is 0. The molecule has 4 heteroatoms. The highest BCUT2D eigenvalue weighted by atomic mass is 16.1. The maximum atomic E-state index is 11.8. The van der Waals surface area contributed by atoms with Crippen LogP contribution in [0.1, 0.15) is 59.8 Å². The summed E-state index contributed by atoms with van der Waals surface area (Å²) in [4.78, 5) is 14.3. The molecule has 1 saturated heterocycles. The van der Waals surface area contributed by atoms with Crippen molar-refractivity contribution < 1.29 is 4.79 Å². The highest BCUT2D eigenvalue weighted by Gasteiger charge is 2.34. The van der Waals surface area contributed by atoms with Crippen LogP contribution in [0.5, 0.6) is 0 Å². The maximum absolute atomic E-state index is 11.8. The molecule has 0 aromatic heterocycles. The minimum atomic E-state index is -0.590. The van der Waals surface area contributed by atoms with E-state index in [0.29, 0.717) is 6.04 Å². The Morgan fingerprint density at radius 3 is 2.75 bits per heavy atom. The van der Waals surface area contributed by atoms with Gasteiger partial charge in [-0.25, -0.2) is 0 Å². The van der Waals surface area contributed by atoms with Gasteiger partial charge in [-0.15, -0.1) is 0 Å². The number of rotatable bonds is 7. The van der Waals surface area contributed by atoms with Crippen molar-refractivity contribution in [3.05, 3.63) is 0 Å². The molecule has 1 fully saturated rings. The quantitative estimate of drug-likeness (QED) is 0.752. The third-order valence-electron chi connectivity index (χ3n) is 4.69. The lowest BCUT2D eigenvalue weighted by Gasteiger charge is -2.35. The van der Waals surface area contributed by atoms with E-state index in [-0.39, 0.29) is 5.91 Å². The van der Waals surface area contributed by atoms with Crippen molar-refractivity contribution in [1.29, 1.82) is 0 Å². The van der Waals surface area contributed by atoms with Crippen LogP contribution in [0.2, 0.25) is 0 Å². The van der Waals surface area contributed by atoms with E-state index >= 15 is 0 Å². The number of carbonyl (C=O) groups is 1. The van der Waals surface area contributed by atoms with E-state index in [1.165, 1.54) is 19.3 Å². The molecule has 0 aliphatic carbocycles. The topological polar surface area (TPSA) is 58.4 Å². The van der Waals surface area contributed by atoms with Crippen LogP contribution in [0, 0.1) is 5.92 Å². The summed E-state index contributed by atoms with van der Waals surface area (Å²) in [5, 5.41) is 3.34. The Morgan fingerprint density at radius 2 is 2.15 bits per heavy atom. The third-order valence-corrected chi connectivity index (χ3v) is 4.69. The Labute approximate surface area is 124 Å². The van der Waals surface area contributed by atoms with Gasteiger partial charge >= 0.3 is 0 Å². The molecule has 20 heavy (non-hydrogen) atoms. The smallest absolute Gasteiger partial charge is 0.237 e. The van der Waals surface area contributed by atoms with E-state index < -0.39 is 5.54 Å². The zero-order chi connectivity index (χ0) is 15.2. The standard InChI is InChI=1S/C16H33N3O/c1-5-9-18-16(4,15(17)20)12-14(3)19-10-6-7-13(2)8-11-19/h13-14,18H,5-12H2,1-4H3,(H2,17,20). The molecule has 4 nitrogen and oxygen atoms in total. The van der Waals surface area contributed by atoms with Crippen molar-refractivity contribution in [3.8, 4) is 0 Å². The Bertz CT molecular complexity index is 308. The number of hydrogen-bond donors (Lipinski definition) is 2. The minimum absolute atomic E-state index is 0.235. The highest BCUT2D eigenvalue weighted by Crippen LogP contribution is 2.22. The first-order valence-corrected chi connectivity index (χ1v) is 8.18. The molecule has 0 aromatic carbocycles. The molecule has 1 amide bonds. The molecule has 3 unspecified atom stereocenters. The van der Waals surface area contributed by atoms with Crippen LogP contribution in [0.3, 0.4) is 0 Å². The van der Waals surface area contributed by atoms with E-state index in [0.717, 1.165) is 38.4 Å². The second kappa shape index (κ2) is 7.99. The van der Waals surface area contributed by atoms with Gasteiger partial charge in [0.1, 0.15) is 0 Å². The first-order chi connectivity index (χ1) is 9.39. The monoisotopic (exact) mass is 283 g/mol. The van der Waals surface area contributed by atoms with Gasteiger partial charge in [0.25, 0.3) is 0 Å². The van der Waals surface area contributed by atoms with Gasteiger partial charge in [-0.05, 0) is 71.5 Å². The number of hydrogen-bond acceptors (Lipinski definition) is 3. The van der Waals surface area contributed by atoms with Gasteiger partial charge in [-0.3, -0.25) is 4.79 Å². The fraction of sp³-hybridized carbons (Fsp3) is 0.938. The lowest BCUT2D eigenvalue weighted by atomic mass is 9.91. The van der Waals surface area contributed by atoms with Crippen LogP contribution in [-0.4, -0.2) is 42.0 Å². The summed E-state index contributed by atoms with van der Waals surface area (Å²) in [6.45, 7) is 11.7. The van der Waals surface area contributed by atoms with Gasteiger partial charge in [0, 0.05) is 6.04 Å². The second-order valence-electron chi connectivity index (χ2n) is 6.75. The van der Waals surface area contributed by atoms with Crippen LogP contribution >= 0.6 is 0 Å². The molecular formula is C16H33N3O. The maximum Gasteiger partial charge on any atom is 0.237 e. The number of primary amides is 1. The molecule has 3 N–H and O–H groups in total. The summed E-state index contributed by atoms with van der Waals surface area (Å²) in [5.41, 5.74) is 5.03. The molecule has 0 aromatic rings. The molecule has 118 valence electrons. The van der Waals surface area contributed by atoms with Gasteiger partial charge in [0.05, 0.1) is 5.54 Å². The van der Waals surface area contributed by atoms with Crippen LogP contribution in [0.25, 0.3) is 0 Å². The summed E-state index contributed by atoms with van der Waals surface area (Å²) in [5.74, 6) is 0.592. The summed E-state index contributed by atoms with van der Waals surface area (Å²) in [6.07, 6.45) is 5.65. The van der Waals surface area contributed by atoms with Crippen molar-refractivity contribution in [2.24, 2.45) is 11.7 Å². The Morgan fingerprint density at radius 1 is 1.45 bits per heavy atom. The Hall–Kier alpha value is -0.610. The molecular weight excluding hydrogens is 250 g/mol. The molecule has 0 saturated carbocycles. The molecule has 3 atom stereocenters. The average Bonchev–Trinajstić information content (AvgIpc) is 2.61. The fourth-order valence-electron chi connectivity index (χ4n) is 3.11. The summed E-state index contributed by atoms with van der Waals surface area (Å²) in [6, 6.07) is 0.391. The molecule has 1 aliphatic heterocycles. The zero-order valence-electron chi connectivity index (χ0n) is 13.7. The first-order valence-electron chi connectivity index (χ1n) is 8.18. The van der Waals surface area contributed by atoms with E-state index in [2.05, 4.69) is 31.0 Å². The third kappa shape index (κ3) is 5.06. The first kappa shape index (κ1) is 17.4. The van der Waals surface area contributed by atoms with Gasteiger partial charge < -0.3 is 16.0 Å². The van der Waals surface area contributed by atoms with Crippen molar-refractivity contribution in [2.45, 2.75) is 71.4 Å². The number of carbonyl (C=O) groups excluding carboxylic acids is 1. The van der Waals surface area contributed by atoms with Gasteiger partial charge in [0.2, 0.25) is 5.91 Å². The largest absolute Gasteiger partial charge is 0.368 e. The predicted octanol–water partition coefficient (Wildman–Crippen LogP) is 2.13. The van der Waals surface area contributed by atoms with E-state index in [9.17, 15) is 4.79 Å². The molecule has 1 heterocycles. The van der Waals surface area contributed by atoms with Crippen LogP contribution in [0.15, 0.2) is 0 Å². The van der Waals surface area contributed by atoms with Gasteiger partial charge in [-0.1, -0.05) is 13.8 Å². The normalized spacial score (nSPS) is 25.7. The van der Waals surface area contributed by atoms with Crippen LogP contribution < -0.4 is 11.1 Å². The zero-order valence-corrected chi connectivity index (χ0v) is 13.7. The summed E-state index contributed by atoms with van der Waals surface area (Å²) >= 11 is 0. The van der Waals surface area contributed by atoms with E-state index in [1.54, 1.807) is 0 Å². The predicted molar refractivity (Wildman–Crippen MR) is 84.6 cm³/mol. The average molecular weight is 283 g/mol. The van der Waals surface area contributed by atoms with Crippen LogP contribution in [0.4, 0.5) is 0 Å². The lowest BCUT2D eigenvalue weighted by molar-refractivity contribution is -0.124. The van der Waals surface area contributed by atoms with Gasteiger partial charge in [0.15, 0.2) is 0 Å². The fourth-order valence-corrected chi connectivity index (χ4v) is 3.11. The van der Waals surface area contributed by atoms with E-state index in [1.807, 2.05) is 6.92 Å². The number of likely N-dealkylation sites (tertiary alicyclic amines) is 1. The number of nitrogens with two attached hydrogens (primary N) is 1. The molecule has 0 radical (unpaired) electrons. The highest BCUT2D eigenvalue weighted by molar-refractivity contribution is 5.84. The second-order valence-corrected chi connectivity index (χ2v) is 6.75. The molecule has 0 bridgehead atoms. The molecule has 0 spiro atoms. The van der Waals surface area contributed by atoms with Crippen molar-refractivity contribution in [1.82, 2.24) is 10.2 Å². The van der Waals surface area contributed by atoms with Crippen molar-refractivity contribution in [2.75, 3.05) is 19.6 Å². The van der Waals surface area contributed by atoms with Gasteiger partial charge in [-0.2, -0.15) is 0 Å². The summed E-state index contributed by atoms with van der Waals surface area (Å²) < 4.78 is 0. The van der Waals surface area contributed by atoms with Crippen molar-refractivity contribution in [3.63, 3.8) is 0 Å². The van der Waals surface area contributed by atoms with E-state index in [4.69, 9.17) is 5.73 Å². The number of nitrogens with one attached hydrogen (secondary N) is 1. The van der Waals surface area contributed by atoms with Crippen LogP contribution in [-0.2, 0) is 4.79 Å². The lowest BCUT2D eigenvalue weighted by Crippen LogP contribution is -2.56. The number of amides is 1.